The van der Waals surface area contributed by atoms with Gasteiger partial charge in [-0.3, -0.25) is 5.32 Å². The van der Waals surface area contributed by atoms with Crippen LogP contribution in [0.4, 0.5) is 15.3 Å². The Morgan fingerprint density at radius 2 is 1.91 bits per heavy atom. The first-order chi connectivity index (χ1) is 10.7. The smallest absolute Gasteiger partial charge is 0.411 e. The molecule has 0 aliphatic rings. The largest absolute Gasteiger partial charge is 0.450 e. The van der Waals surface area contributed by atoms with Gasteiger partial charge >= 0.3 is 12.2 Å². The molecule has 2 N–H and O–H groups in total. The lowest BCUT2D eigenvalue weighted by Gasteiger charge is -2.21. The van der Waals surface area contributed by atoms with E-state index >= 15 is 0 Å². The number of amides is 2. The van der Waals surface area contributed by atoms with Crippen LogP contribution in [0, 0.1) is 0 Å². The second-order valence-electron chi connectivity index (χ2n) is 6.25. The highest BCUT2D eigenvalue weighted by molar-refractivity contribution is 5.84. The Balaban J connectivity index is 2.58. The molecule has 6 nitrogen and oxygen atoms in total. The van der Waals surface area contributed by atoms with E-state index in [4.69, 9.17) is 9.47 Å². The number of carbonyl (C=O) groups is 2. The molecule has 0 heterocycles. The van der Waals surface area contributed by atoms with Crippen LogP contribution in [0.2, 0.25) is 0 Å². The Kier molecular flexibility index (Phi) is 6.88. The molecule has 23 heavy (non-hydrogen) atoms. The van der Waals surface area contributed by atoms with Gasteiger partial charge in [0.25, 0.3) is 0 Å². The van der Waals surface area contributed by atoms with Crippen molar-refractivity contribution in [2.24, 2.45) is 0 Å². The zero-order valence-corrected chi connectivity index (χ0v) is 14.4. The van der Waals surface area contributed by atoms with Crippen molar-refractivity contribution in [2.75, 3.05) is 18.5 Å². The van der Waals surface area contributed by atoms with Gasteiger partial charge in [-0.25, -0.2) is 9.59 Å². The second-order valence-corrected chi connectivity index (χ2v) is 6.25. The number of hydrogen-bond acceptors (Lipinski definition) is 4. The van der Waals surface area contributed by atoms with Crippen LogP contribution in [0.3, 0.4) is 0 Å². The van der Waals surface area contributed by atoms with Crippen molar-refractivity contribution in [3.05, 3.63) is 29.8 Å². The normalized spacial score (nSPS) is 12.2. The molecule has 2 amide bonds. The first-order valence-corrected chi connectivity index (χ1v) is 7.72. The van der Waals surface area contributed by atoms with Crippen molar-refractivity contribution in [3.63, 3.8) is 0 Å². The molecule has 1 unspecified atom stereocenters. The molecule has 6 heteroatoms. The van der Waals surface area contributed by atoms with Gasteiger partial charge in [-0.2, -0.15) is 0 Å². The molecule has 128 valence electrons. The predicted molar refractivity (Wildman–Crippen MR) is 89.7 cm³/mol. The van der Waals surface area contributed by atoms with Gasteiger partial charge in [-0.1, -0.05) is 19.1 Å². The number of anilines is 1. The van der Waals surface area contributed by atoms with Gasteiger partial charge in [0.1, 0.15) is 5.60 Å². The maximum atomic E-state index is 11.7. The zero-order chi connectivity index (χ0) is 17.5. The number of alkyl carbamates (subject to hydrolysis) is 1. The Labute approximate surface area is 137 Å². The standard InChI is InChI=1S/C17H26N2O4/c1-6-22-16(21)19-14-9-7-8-13(10-14)12(2)11-18-15(20)23-17(3,4)5/h7-10,12H,6,11H2,1-5H3,(H,18,20)(H,19,21). The van der Waals surface area contributed by atoms with Gasteiger partial charge in [0.15, 0.2) is 0 Å². The number of carbonyl (C=O) groups excluding carboxylic acids is 2. The van der Waals surface area contributed by atoms with Crippen LogP contribution >= 0.6 is 0 Å². The number of hydrogen-bond donors (Lipinski definition) is 2. The number of benzene rings is 1. The molecule has 0 saturated heterocycles. The maximum absolute atomic E-state index is 11.7. The lowest BCUT2D eigenvalue weighted by Crippen LogP contribution is -2.34. The van der Waals surface area contributed by atoms with Gasteiger partial charge in [-0.15, -0.1) is 0 Å². The fourth-order valence-electron chi connectivity index (χ4n) is 1.88. The van der Waals surface area contributed by atoms with E-state index in [9.17, 15) is 9.59 Å². The summed E-state index contributed by atoms with van der Waals surface area (Å²) in [5, 5.41) is 5.41. The zero-order valence-electron chi connectivity index (χ0n) is 14.4. The third kappa shape index (κ3) is 7.54. The van der Waals surface area contributed by atoms with Crippen LogP contribution < -0.4 is 10.6 Å². The molecule has 0 fully saturated rings. The summed E-state index contributed by atoms with van der Waals surface area (Å²) < 4.78 is 10.1. The van der Waals surface area contributed by atoms with Crippen molar-refractivity contribution in [1.29, 1.82) is 0 Å². The van der Waals surface area contributed by atoms with E-state index in [1.807, 2.05) is 45.9 Å². The van der Waals surface area contributed by atoms with E-state index in [0.29, 0.717) is 18.8 Å². The summed E-state index contributed by atoms with van der Waals surface area (Å²) >= 11 is 0. The minimum absolute atomic E-state index is 0.0754. The van der Waals surface area contributed by atoms with Crippen LogP contribution in [-0.4, -0.2) is 30.9 Å². The lowest BCUT2D eigenvalue weighted by atomic mass is 10.0. The number of ether oxygens (including phenoxy) is 2. The van der Waals surface area contributed by atoms with Gasteiger partial charge in [0, 0.05) is 12.2 Å². The minimum atomic E-state index is -0.517. The molecule has 0 aliphatic carbocycles. The van der Waals surface area contributed by atoms with E-state index in [1.165, 1.54) is 0 Å². The minimum Gasteiger partial charge on any atom is -0.450 e. The van der Waals surface area contributed by atoms with E-state index in [2.05, 4.69) is 10.6 Å². The van der Waals surface area contributed by atoms with Crippen molar-refractivity contribution in [1.82, 2.24) is 5.32 Å². The molecule has 1 aromatic carbocycles. The van der Waals surface area contributed by atoms with Crippen LogP contribution in [0.25, 0.3) is 0 Å². The van der Waals surface area contributed by atoms with Gasteiger partial charge < -0.3 is 14.8 Å². The topological polar surface area (TPSA) is 76.7 Å². The van der Waals surface area contributed by atoms with Crippen LogP contribution in [0.1, 0.15) is 46.1 Å². The molecule has 1 aromatic rings. The second kappa shape index (κ2) is 8.41. The van der Waals surface area contributed by atoms with Crippen molar-refractivity contribution in [3.8, 4) is 0 Å². The SMILES string of the molecule is CCOC(=O)Nc1cccc(C(C)CNC(=O)OC(C)(C)C)c1. The summed E-state index contributed by atoms with van der Waals surface area (Å²) in [6.45, 7) is 9.96. The quantitative estimate of drug-likeness (QED) is 0.862. The first kappa shape index (κ1) is 18.8. The number of rotatable bonds is 5. The van der Waals surface area contributed by atoms with E-state index in [0.717, 1.165) is 5.56 Å². The van der Waals surface area contributed by atoms with E-state index < -0.39 is 17.8 Å². The Morgan fingerprint density at radius 1 is 1.22 bits per heavy atom. The Bertz CT molecular complexity index is 538. The Hall–Kier alpha value is -2.24. The molecule has 0 aromatic heterocycles. The highest BCUT2D eigenvalue weighted by Gasteiger charge is 2.17. The predicted octanol–water partition coefficient (Wildman–Crippen LogP) is 3.88. The fourth-order valence-corrected chi connectivity index (χ4v) is 1.88. The van der Waals surface area contributed by atoms with Crippen molar-refractivity contribution in [2.45, 2.75) is 46.1 Å². The van der Waals surface area contributed by atoms with E-state index in [-0.39, 0.29) is 5.92 Å². The highest BCUT2D eigenvalue weighted by atomic mass is 16.6. The fraction of sp³-hybridized carbons (Fsp3) is 0.529. The molecule has 0 spiro atoms. The molecule has 1 rings (SSSR count). The molecular weight excluding hydrogens is 296 g/mol. The molecule has 0 bridgehead atoms. The monoisotopic (exact) mass is 322 g/mol. The summed E-state index contributed by atoms with van der Waals surface area (Å²) in [6, 6.07) is 7.44. The Morgan fingerprint density at radius 3 is 2.52 bits per heavy atom. The molecule has 0 saturated carbocycles. The third-order valence-corrected chi connectivity index (χ3v) is 2.93. The average Bonchev–Trinajstić information content (AvgIpc) is 2.43. The summed E-state index contributed by atoms with van der Waals surface area (Å²) in [6.07, 6.45) is -0.922. The van der Waals surface area contributed by atoms with Gasteiger partial charge in [-0.05, 0) is 51.3 Å². The van der Waals surface area contributed by atoms with Crippen molar-refractivity contribution >= 4 is 17.9 Å². The van der Waals surface area contributed by atoms with Crippen LogP contribution in [0.5, 0.6) is 0 Å². The first-order valence-electron chi connectivity index (χ1n) is 7.72. The van der Waals surface area contributed by atoms with Gasteiger partial charge in [0.05, 0.1) is 6.61 Å². The van der Waals surface area contributed by atoms with Crippen molar-refractivity contribution < 1.29 is 19.1 Å². The van der Waals surface area contributed by atoms with Gasteiger partial charge in [0.2, 0.25) is 0 Å². The molecule has 1 atom stereocenters. The highest BCUT2D eigenvalue weighted by Crippen LogP contribution is 2.19. The summed E-state index contributed by atoms with van der Waals surface area (Å²) in [4.78, 5) is 23.1. The summed E-state index contributed by atoms with van der Waals surface area (Å²) in [7, 11) is 0. The maximum Gasteiger partial charge on any atom is 0.411 e. The summed E-state index contributed by atoms with van der Waals surface area (Å²) in [5.41, 5.74) is 1.14. The summed E-state index contributed by atoms with van der Waals surface area (Å²) in [5.74, 6) is 0.0754. The third-order valence-electron chi connectivity index (χ3n) is 2.93. The van der Waals surface area contributed by atoms with Crippen LogP contribution in [0.15, 0.2) is 24.3 Å². The van der Waals surface area contributed by atoms with E-state index in [1.54, 1.807) is 13.0 Å². The number of nitrogens with one attached hydrogen (secondary N) is 2. The van der Waals surface area contributed by atoms with Crippen LogP contribution in [-0.2, 0) is 9.47 Å². The molecule has 0 aliphatic heterocycles. The average molecular weight is 322 g/mol. The molecule has 0 radical (unpaired) electrons. The molecular formula is C17H26N2O4. The lowest BCUT2D eigenvalue weighted by molar-refractivity contribution is 0.0525.